The van der Waals surface area contributed by atoms with Crippen molar-refractivity contribution in [1.82, 2.24) is 39.9 Å². The maximum Gasteiger partial charge on any atom is 1.00 e. The molecular weight excluding hydrogens is 1570 g/mol. The van der Waals surface area contributed by atoms with Crippen LogP contribution in [0.1, 0.15) is 0 Å². The van der Waals surface area contributed by atoms with Crippen LogP contribution in [0.3, 0.4) is 0 Å². The summed E-state index contributed by atoms with van der Waals surface area (Å²) in [6.45, 7) is 0. The Bertz CT molecular complexity index is 3280. The third-order valence-corrected chi connectivity index (χ3v) is 13.8. The molecule has 0 amide bonds. The molecule has 16 bridgehead atoms. The number of hydrogen-bond donors (Lipinski definition) is 0. The largest absolute Gasteiger partial charge is 1.00 e. The number of hydrogen-bond acceptors (Lipinski definition) is 25. The number of rotatable bonds is 0. The molecular formula is C51H48Ag3F9N16O9S3. The van der Waals surface area contributed by atoms with Crippen molar-refractivity contribution in [2.24, 2.45) is 0 Å². The fourth-order valence-electron chi connectivity index (χ4n) is 7.22. The third kappa shape index (κ3) is 20.2. The van der Waals surface area contributed by atoms with E-state index in [4.69, 9.17) is 78.8 Å². The molecule has 8 aromatic heterocycles. The number of halogens is 9. The summed E-state index contributed by atoms with van der Waals surface area (Å²) in [7, 11) is -2.60. The molecule has 40 heteroatoms. The van der Waals surface area contributed by atoms with Gasteiger partial charge in [-0.2, -0.15) is 39.5 Å². The number of alkyl halides is 9. The fraction of sp³-hybridized carbons (Fsp3) is 0.216. The second kappa shape index (κ2) is 31.5. The van der Waals surface area contributed by atoms with Crippen molar-refractivity contribution >= 4 is 123 Å². The topological polar surface area (TPSA) is 301 Å². The van der Waals surface area contributed by atoms with E-state index in [-0.39, 0.29) is 67.1 Å². The zero-order chi connectivity index (χ0) is 65.5. The molecule has 0 unspecified atom stereocenters. The van der Waals surface area contributed by atoms with Gasteiger partial charge in [-0.3, -0.25) is 0 Å². The van der Waals surface area contributed by atoms with Crippen molar-refractivity contribution in [3.63, 3.8) is 0 Å². The van der Waals surface area contributed by atoms with E-state index in [1.165, 1.54) is 0 Å². The van der Waals surface area contributed by atoms with Gasteiger partial charge in [-0.25, -0.2) is 65.1 Å². The van der Waals surface area contributed by atoms with E-state index in [0.717, 1.165) is 93.1 Å². The number of anilines is 16. The van der Waals surface area contributed by atoms with E-state index in [2.05, 4.69) is 0 Å². The minimum absolute atomic E-state index is 0. The quantitative estimate of drug-likeness (QED) is 0.0590. The van der Waals surface area contributed by atoms with Crippen molar-refractivity contribution in [3.05, 3.63) is 146 Å². The normalized spacial score (nSPS) is 13.1. The maximum absolute atomic E-state index is 10.7. The average Bonchev–Trinajstić information content (AvgIpc) is 1.91. The summed E-state index contributed by atoms with van der Waals surface area (Å²) in [4.78, 5) is 56.1. The Kier molecular flexibility index (Phi) is 27.1. The summed E-state index contributed by atoms with van der Waals surface area (Å²) in [6, 6.07) is 47.3. The zero-order valence-electron chi connectivity index (χ0n) is 47.7. The molecule has 0 aromatic carbocycles. The first-order valence-corrected chi connectivity index (χ1v) is 28.7. The smallest absolute Gasteiger partial charge is 0.741 e. The van der Waals surface area contributed by atoms with E-state index in [1.807, 2.05) is 241 Å². The third-order valence-electron chi connectivity index (χ3n) is 12.1. The number of aromatic nitrogens is 8. The monoisotopic (exact) mass is 1620 g/mol. The summed E-state index contributed by atoms with van der Waals surface area (Å²) in [5.41, 5.74) is -16.9. The standard InChI is InChI=1S/C48H48N16.3CHF3O3S.3Ag/c1-57-33-17-9-19-35(49-33)58(2)37-21-11-23-39(51-37)60(4)41-25-13-27-43(53-41)62(6)45-29-15-31-47(55-45)64(8)48-32-16-30-46(56-48)63(7)44-28-14-26-42(54-44)61(5)40-24-12-22-38(52-40)59(3)36-20-10-18-34(57)50-36;3*2-1(3,4)8(5,6)7;;;/h9-32H,1-8H3;3*(H,5,6,7);;;/q;;;;3*+1/p-3. The van der Waals surface area contributed by atoms with E-state index in [9.17, 15) is 39.5 Å². The van der Waals surface area contributed by atoms with Crippen LogP contribution in [0.15, 0.2) is 146 Å². The molecule has 500 valence electrons. The van der Waals surface area contributed by atoms with Gasteiger partial charge >= 0.3 is 83.7 Å². The van der Waals surface area contributed by atoms with E-state index in [0.29, 0.717) is 0 Å². The van der Waals surface area contributed by atoms with Gasteiger partial charge in [-0.15, -0.1) is 0 Å². The van der Waals surface area contributed by atoms with Crippen LogP contribution in [0, 0.1) is 0 Å². The Morgan fingerprint density at radius 1 is 0.242 bits per heavy atom. The molecule has 0 saturated carbocycles. The van der Waals surface area contributed by atoms with Crippen molar-refractivity contribution in [2.45, 2.75) is 16.5 Å². The Balaban J connectivity index is 0.000000679. The Morgan fingerprint density at radius 3 is 0.363 bits per heavy atom. The summed E-state index contributed by atoms with van der Waals surface area (Å²) in [6.07, 6.45) is 0. The second-order valence-electron chi connectivity index (χ2n) is 18.0. The SMILES string of the molecule is CN1c2cccc(n2)N(C)c2cccc(n2)N(C)c2cccc(n2)N(C)c2cccc(n2)N(C)c2cccc(n2)N(C)c2cccc(n2)N(C)c2cccc(n2)N(C)c2cccc1n2.O=S(=O)([O-])C(F)(F)F.O=S(=O)([O-])C(F)(F)F.O=S(=O)([O-])C(F)(F)F.[Ag+].[Ag+].[Ag+]. The van der Waals surface area contributed by atoms with Gasteiger partial charge in [0.05, 0.1) is 0 Å². The molecule has 25 nitrogen and oxygen atoms in total. The van der Waals surface area contributed by atoms with Crippen LogP contribution in [0.2, 0.25) is 0 Å². The van der Waals surface area contributed by atoms with E-state index < -0.39 is 46.9 Å². The summed E-state index contributed by atoms with van der Waals surface area (Å²) in [5, 5.41) is 0. The molecule has 1 aliphatic rings. The molecule has 0 fully saturated rings. The van der Waals surface area contributed by atoms with E-state index in [1.54, 1.807) is 0 Å². The van der Waals surface area contributed by atoms with Gasteiger partial charge in [-0.1, -0.05) is 48.5 Å². The maximum atomic E-state index is 10.7. The molecule has 9 heterocycles. The molecule has 0 aliphatic carbocycles. The molecule has 0 atom stereocenters. The number of pyridine rings is 8. The van der Waals surface area contributed by atoms with Crippen LogP contribution in [0.4, 0.5) is 133 Å². The zero-order valence-corrected chi connectivity index (χ0v) is 54.6. The first-order valence-electron chi connectivity index (χ1n) is 24.5. The Hall–Kier alpha value is -7.08. The molecule has 8 aromatic rings. The first-order chi connectivity index (χ1) is 40.8. The number of nitrogens with zero attached hydrogens (tertiary/aromatic N) is 16. The van der Waals surface area contributed by atoms with Crippen molar-refractivity contribution in [1.29, 1.82) is 0 Å². The van der Waals surface area contributed by atoms with Crippen LogP contribution in [0.25, 0.3) is 0 Å². The first kappa shape index (κ1) is 78.2. The van der Waals surface area contributed by atoms with Gasteiger partial charge < -0.3 is 52.9 Å². The molecule has 0 radical (unpaired) electrons. The van der Waals surface area contributed by atoms with Gasteiger partial charge in [-0.05, 0) is 97.1 Å². The molecule has 91 heavy (non-hydrogen) atoms. The van der Waals surface area contributed by atoms with Gasteiger partial charge in [0.2, 0.25) is 0 Å². The van der Waals surface area contributed by atoms with Crippen LogP contribution >= 0.6 is 0 Å². The van der Waals surface area contributed by atoms with Gasteiger partial charge in [0.15, 0.2) is 30.4 Å². The molecule has 9 rings (SSSR count). The van der Waals surface area contributed by atoms with Crippen LogP contribution in [-0.4, -0.2) is 152 Å². The van der Waals surface area contributed by atoms with Crippen molar-refractivity contribution in [2.75, 3.05) is 95.6 Å². The Labute approximate surface area is 562 Å². The fourth-order valence-corrected chi connectivity index (χ4v) is 7.22. The summed E-state index contributed by atoms with van der Waals surface area (Å²) in [5.74, 6) is 11.5. The van der Waals surface area contributed by atoms with Gasteiger partial charge in [0.25, 0.3) is 0 Å². The molecule has 0 N–H and O–H groups in total. The van der Waals surface area contributed by atoms with Crippen molar-refractivity contribution in [3.8, 4) is 0 Å². The molecule has 1 aliphatic heterocycles. The van der Waals surface area contributed by atoms with Crippen LogP contribution in [0.5, 0.6) is 0 Å². The minimum atomic E-state index is -6.09. The van der Waals surface area contributed by atoms with Gasteiger partial charge in [0, 0.05) is 56.4 Å². The van der Waals surface area contributed by atoms with Crippen LogP contribution in [-0.2, 0) is 97.5 Å². The van der Waals surface area contributed by atoms with Crippen molar-refractivity contribution < 1.29 is 146 Å². The molecule has 0 saturated heterocycles. The summed E-state index contributed by atoms with van der Waals surface area (Å²) < 4.78 is 177. The molecule has 0 spiro atoms. The van der Waals surface area contributed by atoms with E-state index >= 15 is 0 Å². The average molecular weight is 1620 g/mol. The predicted molar refractivity (Wildman–Crippen MR) is 306 cm³/mol. The number of fused-ring (bicyclic) bond motifs is 16. The second-order valence-corrected chi connectivity index (χ2v) is 22.1. The minimum Gasteiger partial charge on any atom is -0.741 e. The Morgan fingerprint density at radius 2 is 0.308 bits per heavy atom. The summed E-state index contributed by atoms with van der Waals surface area (Å²) >= 11 is 0. The van der Waals surface area contributed by atoms with Gasteiger partial charge in [0.1, 0.15) is 93.1 Å². The predicted octanol–water partition coefficient (Wildman–Crippen LogP) is 9.45. The van der Waals surface area contributed by atoms with Crippen LogP contribution < -0.4 is 39.2 Å².